The normalized spacial score (nSPS) is 15.1. The van der Waals surface area contributed by atoms with Gasteiger partial charge in [-0.25, -0.2) is 0 Å². The number of benzene rings is 1. The van der Waals surface area contributed by atoms with Crippen LogP contribution < -0.4 is 4.90 Å². The molecule has 0 fully saturated rings. The van der Waals surface area contributed by atoms with Crippen molar-refractivity contribution in [3.05, 3.63) is 29.3 Å². The second-order valence-corrected chi connectivity index (χ2v) is 3.66. The van der Waals surface area contributed by atoms with Crippen LogP contribution in [-0.2, 0) is 6.42 Å². The summed E-state index contributed by atoms with van der Waals surface area (Å²) in [6, 6.07) is 6.01. The van der Waals surface area contributed by atoms with Gasteiger partial charge in [0.15, 0.2) is 6.29 Å². The van der Waals surface area contributed by atoms with Gasteiger partial charge in [0.1, 0.15) is 0 Å². The average molecular weight is 189 g/mol. The van der Waals surface area contributed by atoms with E-state index < -0.39 is 0 Å². The van der Waals surface area contributed by atoms with Crippen LogP contribution in [0.3, 0.4) is 0 Å². The third kappa shape index (κ3) is 1.41. The summed E-state index contributed by atoms with van der Waals surface area (Å²) in [5, 5.41) is 0. The van der Waals surface area contributed by atoms with Crippen LogP contribution in [0, 0.1) is 0 Å². The molecule has 0 N–H and O–H groups in total. The van der Waals surface area contributed by atoms with Crippen LogP contribution in [0.15, 0.2) is 18.2 Å². The summed E-state index contributed by atoms with van der Waals surface area (Å²) in [5.74, 6) is 0. The number of aldehydes is 1. The molecule has 1 aliphatic rings. The summed E-state index contributed by atoms with van der Waals surface area (Å²) >= 11 is 0. The summed E-state index contributed by atoms with van der Waals surface area (Å²) in [6.45, 7) is 4.20. The Morgan fingerprint density at radius 3 is 3.07 bits per heavy atom. The van der Waals surface area contributed by atoms with Gasteiger partial charge in [-0.2, -0.15) is 0 Å². The van der Waals surface area contributed by atoms with Gasteiger partial charge in [0, 0.05) is 18.7 Å². The molecular weight excluding hydrogens is 174 g/mol. The molecule has 2 rings (SSSR count). The predicted octanol–water partition coefficient (Wildman–Crippen LogP) is 2.27. The van der Waals surface area contributed by atoms with Crippen LogP contribution in [-0.4, -0.2) is 19.4 Å². The van der Waals surface area contributed by atoms with Gasteiger partial charge < -0.3 is 4.90 Å². The summed E-state index contributed by atoms with van der Waals surface area (Å²) in [7, 11) is 0. The van der Waals surface area contributed by atoms with Crippen molar-refractivity contribution in [1.29, 1.82) is 0 Å². The summed E-state index contributed by atoms with van der Waals surface area (Å²) < 4.78 is 0. The van der Waals surface area contributed by atoms with Gasteiger partial charge in [-0.3, -0.25) is 4.79 Å². The third-order valence-corrected chi connectivity index (χ3v) is 2.85. The molecule has 2 heteroatoms. The van der Waals surface area contributed by atoms with E-state index in [2.05, 4.69) is 17.9 Å². The molecule has 0 atom stereocenters. The smallest absolute Gasteiger partial charge is 0.152 e. The van der Waals surface area contributed by atoms with Crippen LogP contribution in [0.2, 0.25) is 0 Å². The fraction of sp³-hybridized carbons (Fsp3) is 0.417. The highest BCUT2D eigenvalue weighted by Gasteiger charge is 2.17. The molecule has 0 aliphatic carbocycles. The molecule has 1 aromatic carbocycles. The Labute approximate surface area is 84.5 Å². The molecule has 1 aliphatic heterocycles. The largest absolute Gasteiger partial charge is 0.371 e. The van der Waals surface area contributed by atoms with E-state index in [4.69, 9.17) is 0 Å². The summed E-state index contributed by atoms with van der Waals surface area (Å²) in [6.07, 6.45) is 3.27. The number of aryl methyl sites for hydroxylation is 1. The minimum Gasteiger partial charge on any atom is -0.371 e. The van der Waals surface area contributed by atoms with Gasteiger partial charge in [-0.05, 0) is 31.4 Å². The lowest BCUT2D eigenvalue weighted by Crippen LogP contribution is -2.30. The summed E-state index contributed by atoms with van der Waals surface area (Å²) in [5.41, 5.74) is 3.32. The van der Waals surface area contributed by atoms with E-state index in [1.165, 1.54) is 12.0 Å². The first-order valence-electron chi connectivity index (χ1n) is 5.19. The maximum absolute atomic E-state index is 10.9. The van der Waals surface area contributed by atoms with Gasteiger partial charge in [-0.15, -0.1) is 0 Å². The molecule has 2 nitrogen and oxygen atoms in total. The Kier molecular flexibility index (Phi) is 2.53. The first kappa shape index (κ1) is 9.25. The highest BCUT2D eigenvalue weighted by molar-refractivity contribution is 5.86. The number of para-hydroxylation sites is 1. The maximum Gasteiger partial charge on any atom is 0.152 e. The zero-order valence-corrected chi connectivity index (χ0v) is 8.49. The first-order valence-corrected chi connectivity index (χ1v) is 5.19. The zero-order chi connectivity index (χ0) is 9.97. The highest BCUT2D eigenvalue weighted by atomic mass is 16.1. The topological polar surface area (TPSA) is 20.3 Å². The summed E-state index contributed by atoms with van der Waals surface area (Å²) in [4.78, 5) is 13.2. The number of hydrogen-bond acceptors (Lipinski definition) is 2. The Morgan fingerprint density at radius 2 is 2.36 bits per heavy atom. The molecule has 0 amide bonds. The van der Waals surface area contributed by atoms with Crippen molar-refractivity contribution >= 4 is 12.0 Å². The molecule has 74 valence electrons. The Balaban J connectivity index is 2.51. The van der Waals surface area contributed by atoms with Crippen LogP contribution >= 0.6 is 0 Å². The van der Waals surface area contributed by atoms with E-state index in [-0.39, 0.29) is 0 Å². The Bertz CT molecular complexity index is 346. The standard InChI is InChI=1S/C12H15NO/c1-2-13-8-4-7-10-5-3-6-11(9-14)12(10)13/h3,5-6,9H,2,4,7-8H2,1H3. The van der Waals surface area contributed by atoms with Crippen molar-refractivity contribution < 1.29 is 4.79 Å². The number of hydrogen-bond donors (Lipinski definition) is 0. The average Bonchev–Trinajstić information content (AvgIpc) is 2.27. The second-order valence-electron chi connectivity index (χ2n) is 3.66. The third-order valence-electron chi connectivity index (χ3n) is 2.85. The molecule has 0 aromatic heterocycles. The SMILES string of the molecule is CCN1CCCc2cccc(C=O)c21. The van der Waals surface area contributed by atoms with Crippen molar-refractivity contribution in [2.75, 3.05) is 18.0 Å². The Morgan fingerprint density at radius 1 is 1.50 bits per heavy atom. The maximum atomic E-state index is 10.9. The van der Waals surface area contributed by atoms with Gasteiger partial charge in [-0.1, -0.05) is 12.1 Å². The minimum absolute atomic E-state index is 0.837. The highest BCUT2D eigenvalue weighted by Crippen LogP contribution is 2.29. The first-order chi connectivity index (χ1) is 6.86. The van der Waals surface area contributed by atoms with E-state index in [1.807, 2.05) is 12.1 Å². The number of fused-ring (bicyclic) bond motifs is 1. The van der Waals surface area contributed by atoms with Crippen LogP contribution in [0.4, 0.5) is 5.69 Å². The van der Waals surface area contributed by atoms with E-state index in [9.17, 15) is 4.79 Å². The van der Waals surface area contributed by atoms with E-state index >= 15 is 0 Å². The Hall–Kier alpha value is -1.31. The predicted molar refractivity (Wildman–Crippen MR) is 58.0 cm³/mol. The van der Waals surface area contributed by atoms with E-state index in [1.54, 1.807) is 0 Å². The van der Waals surface area contributed by atoms with E-state index in [0.717, 1.165) is 37.0 Å². The molecule has 1 aromatic rings. The van der Waals surface area contributed by atoms with Crippen molar-refractivity contribution in [3.63, 3.8) is 0 Å². The molecule has 0 saturated carbocycles. The lowest BCUT2D eigenvalue weighted by Gasteiger charge is -2.31. The van der Waals surface area contributed by atoms with Gasteiger partial charge in [0.2, 0.25) is 0 Å². The minimum atomic E-state index is 0.837. The van der Waals surface area contributed by atoms with Crippen LogP contribution in [0.5, 0.6) is 0 Å². The van der Waals surface area contributed by atoms with Gasteiger partial charge in [0.05, 0.1) is 5.69 Å². The van der Waals surface area contributed by atoms with Crippen molar-refractivity contribution in [1.82, 2.24) is 0 Å². The van der Waals surface area contributed by atoms with Crippen molar-refractivity contribution in [2.24, 2.45) is 0 Å². The second kappa shape index (κ2) is 3.82. The van der Waals surface area contributed by atoms with E-state index in [0.29, 0.717) is 0 Å². The number of carbonyl (C=O) groups excluding carboxylic acids is 1. The fourth-order valence-corrected chi connectivity index (χ4v) is 2.18. The molecule has 14 heavy (non-hydrogen) atoms. The molecule has 0 saturated heterocycles. The van der Waals surface area contributed by atoms with Gasteiger partial charge in [0.25, 0.3) is 0 Å². The lowest BCUT2D eigenvalue weighted by molar-refractivity contribution is 0.112. The number of carbonyl (C=O) groups is 1. The molecule has 0 unspecified atom stereocenters. The number of anilines is 1. The number of rotatable bonds is 2. The number of nitrogens with zero attached hydrogens (tertiary/aromatic N) is 1. The molecular formula is C12H15NO. The van der Waals surface area contributed by atoms with Crippen LogP contribution in [0.1, 0.15) is 29.3 Å². The molecule has 1 heterocycles. The molecule has 0 bridgehead atoms. The zero-order valence-electron chi connectivity index (χ0n) is 8.49. The molecule has 0 radical (unpaired) electrons. The quantitative estimate of drug-likeness (QED) is 0.665. The molecule has 0 spiro atoms. The van der Waals surface area contributed by atoms with Gasteiger partial charge >= 0.3 is 0 Å². The van der Waals surface area contributed by atoms with Crippen molar-refractivity contribution in [3.8, 4) is 0 Å². The van der Waals surface area contributed by atoms with Crippen molar-refractivity contribution in [2.45, 2.75) is 19.8 Å². The lowest BCUT2D eigenvalue weighted by atomic mass is 9.98. The fourth-order valence-electron chi connectivity index (χ4n) is 2.18. The van der Waals surface area contributed by atoms with Crippen LogP contribution in [0.25, 0.3) is 0 Å². The monoisotopic (exact) mass is 189 g/mol.